The van der Waals surface area contributed by atoms with Crippen LogP contribution in [0.15, 0.2) is 36.4 Å². The monoisotopic (exact) mass is 248 g/mol. The number of aromatic nitrogens is 2. The van der Waals surface area contributed by atoms with Crippen molar-refractivity contribution < 1.29 is 14.3 Å². The molecule has 5 nitrogen and oxygen atoms in total. The van der Waals surface area contributed by atoms with Gasteiger partial charge in [-0.2, -0.15) is 5.10 Å². The predicted molar refractivity (Wildman–Crippen MR) is 66.0 cm³/mol. The van der Waals surface area contributed by atoms with E-state index in [0.29, 0.717) is 24.5 Å². The highest BCUT2D eigenvalue weighted by Gasteiger charge is 2.12. The van der Waals surface area contributed by atoms with Crippen LogP contribution in [-0.2, 0) is 16.0 Å². The number of esters is 1. The first-order valence-electron chi connectivity index (χ1n) is 5.90. The fraction of sp³-hybridized carbons (Fsp3) is 0.385. The van der Waals surface area contributed by atoms with E-state index in [0.717, 1.165) is 12.8 Å². The topological polar surface area (TPSA) is 53.4 Å². The van der Waals surface area contributed by atoms with E-state index < -0.39 is 0 Å². The number of hydrogen-bond donors (Lipinski definition) is 0. The standard InChI is InChI=1S/C13H16N2O3/c1-17-8-7-15-10-11(9-14-15)13(16)18-12-5-3-2-4-6-12/h3,5-6,9-10H,2,4,7-8H2,1H3. The van der Waals surface area contributed by atoms with Gasteiger partial charge in [-0.05, 0) is 25.0 Å². The highest BCUT2D eigenvalue weighted by molar-refractivity contribution is 5.89. The van der Waals surface area contributed by atoms with Crippen molar-refractivity contribution in [3.63, 3.8) is 0 Å². The second-order valence-electron chi connectivity index (χ2n) is 3.96. The predicted octanol–water partition coefficient (Wildman–Crippen LogP) is 1.92. The van der Waals surface area contributed by atoms with Gasteiger partial charge in [-0.3, -0.25) is 4.68 Å². The zero-order chi connectivity index (χ0) is 12.8. The van der Waals surface area contributed by atoms with E-state index in [1.165, 1.54) is 6.20 Å². The number of ether oxygens (including phenoxy) is 2. The quantitative estimate of drug-likeness (QED) is 0.747. The molecule has 0 saturated heterocycles. The molecule has 0 atom stereocenters. The minimum atomic E-state index is -0.378. The largest absolute Gasteiger partial charge is 0.423 e. The van der Waals surface area contributed by atoms with E-state index in [-0.39, 0.29) is 5.97 Å². The van der Waals surface area contributed by atoms with Crippen molar-refractivity contribution in [1.29, 1.82) is 0 Å². The van der Waals surface area contributed by atoms with Crippen molar-refractivity contribution >= 4 is 5.97 Å². The first kappa shape index (κ1) is 12.6. The number of hydrogen-bond acceptors (Lipinski definition) is 4. The molecule has 1 aromatic rings. The lowest BCUT2D eigenvalue weighted by molar-refractivity contribution is 0.0635. The fourth-order valence-electron chi connectivity index (χ4n) is 1.61. The van der Waals surface area contributed by atoms with Crippen LogP contribution < -0.4 is 0 Å². The summed E-state index contributed by atoms with van der Waals surface area (Å²) in [5.74, 6) is 0.229. The highest BCUT2D eigenvalue weighted by Crippen LogP contribution is 2.13. The fourth-order valence-corrected chi connectivity index (χ4v) is 1.61. The molecule has 0 aliphatic heterocycles. The molecule has 1 aliphatic rings. The van der Waals surface area contributed by atoms with Crippen LogP contribution in [0.1, 0.15) is 23.2 Å². The van der Waals surface area contributed by atoms with Gasteiger partial charge in [0, 0.05) is 13.3 Å². The Labute approximate surface area is 106 Å². The van der Waals surface area contributed by atoms with Crippen LogP contribution in [0.4, 0.5) is 0 Å². The summed E-state index contributed by atoms with van der Waals surface area (Å²) >= 11 is 0. The van der Waals surface area contributed by atoms with Gasteiger partial charge in [0.25, 0.3) is 0 Å². The van der Waals surface area contributed by atoms with Crippen molar-refractivity contribution in [3.05, 3.63) is 41.9 Å². The summed E-state index contributed by atoms with van der Waals surface area (Å²) in [5, 5.41) is 4.07. The summed E-state index contributed by atoms with van der Waals surface area (Å²) in [7, 11) is 1.63. The molecule has 96 valence electrons. The Kier molecular flexibility index (Phi) is 4.30. The van der Waals surface area contributed by atoms with Gasteiger partial charge in [0.2, 0.25) is 0 Å². The molecular formula is C13H16N2O3. The van der Waals surface area contributed by atoms with E-state index >= 15 is 0 Å². The van der Waals surface area contributed by atoms with Gasteiger partial charge in [0.15, 0.2) is 0 Å². The van der Waals surface area contributed by atoms with Crippen molar-refractivity contribution in [2.75, 3.05) is 13.7 Å². The van der Waals surface area contributed by atoms with Gasteiger partial charge < -0.3 is 9.47 Å². The summed E-state index contributed by atoms with van der Waals surface area (Å²) in [6, 6.07) is 0. The maximum Gasteiger partial charge on any atom is 0.346 e. The molecular weight excluding hydrogens is 232 g/mol. The maximum atomic E-state index is 11.8. The average Bonchev–Trinajstić information content (AvgIpc) is 2.86. The molecule has 18 heavy (non-hydrogen) atoms. The van der Waals surface area contributed by atoms with Crippen LogP contribution in [-0.4, -0.2) is 29.5 Å². The lowest BCUT2D eigenvalue weighted by Crippen LogP contribution is -2.06. The van der Waals surface area contributed by atoms with Gasteiger partial charge >= 0.3 is 5.97 Å². The van der Waals surface area contributed by atoms with Gasteiger partial charge in [-0.15, -0.1) is 0 Å². The Morgan fingerprint density at radius 2 is 2.39 bits per heavy atom. The van der Waals surface area contributed by atoms with Gasteiger partial charge in [0.1, 0.15) is 5.76 Å². The minimum Gasteiger partial charge on any atom is -0.423 e. The average molecular weight is 248 g/mol. The Morgan fingerprint density at radius 1 is 1.50 bits per heavy atom. The normalized spacial score (nSPS) is 14.4. The molecule has 0 N–H and O–H groups in total. The van der Waals surface area contributed by atoms with Crippen LogP contribution in [0.3, 0.4) is 0 Å². The molecule has 0 unspecified atom stereocenters. The van der Waals surface area contributed by atoms with Crippen LogP contribution in [0.2, 0.25) is 0 Å². The highest BCUT2D eigenvalue weighted by atomic mass is 16.5. The van der Waals surface area contributed by atoms with Crippen molar-refractivity contribution in [1.82, 2.24) is 9.78 Å². The summed E-state index contributed by atoms with van der Waals surface area (Å²) in [6.45, 7) is 1.18. The zero-order valence-electron chi connectivity index (χ0n) is 10.3. The van der Waals surface area contributed by atoms with Gasteiger partial charge in [-0.1, -0.05) is 6.08 Å². The summed E-state index contributed by atoms with van der Waals surface area (Å²) in [4.78, 5) is 11.8. The lowest BCUT2D eigenvalue weighted by Gasteiger charge is -2.06. The van der Waals surface area contributed by atoms with Crippen molar-refractivity contribution in [2.24, 2.45) is 0 Å². The molecule has 0 bridgehead atoms. The molecule has 1 aliphatic carbocycles. The van der Waals surface area contributed by atoms with Crippen LogP contribution in [0.25, 0.3) is 0 Å². The first-order chi connectivity index (χ1) is 8.79. The molecule has 1 aromatic heterocycles. The molecule has 0 aromatic carbocycles. The second-order valence-corrected chi connectivity index (χ2v) is 3.96. The molecule has 0 amide bonds. The molecule has 1 heterocycles. The summed E-state index contributed by atoms with van der Waals surface area (Å²) < 4.78 is 11.8. The van der Waals surface area contributed by atoms with E-state index in [1.807, 2.05) is 18.2 Å². The van der Waals surface area contributed by atoms with Gasteiger partial charge in [-0.25, -0.2) is 4.79 Å². The Bertz CT molecular complexity index is 474. The molecule has 0 spiro atoms. The van der Waals surface area contributed by atoms with Crippen molar-refractivity contribution in [2.45, 2.75) is 19.4 Å². The Hall–Kier alpha value is -1.88. The van der Waals surface area contributed by atoms with E-state index in [2.05, 4.69) is 5.10 Å². The first-order valence-corrected chi connectivity index (χ1v) is 5.90. The van der Waals surface area contributed by atoms with Crippen molar-refractivity contribution in [3.8, 4) is 0 Å². The van der Waals surface area contributed by atoms with Crippen LogP contribution >= 0.6 is 0 Å². The number of carbonyl (C=O) groups excluding carboxylic acids is 1. The Balaban J connectivity index is 1.94. The van der Waals surface area contributed by atoms with Crippen LogP contribution in [0, 0.1) is 0 Å². The third-order valence-electron chi connectivity index (χ3n) is 2.56. The minimum absolute atomic E-state index is 0.378. The Morgan fingerprint density at radius 3 is 3.11 bits per heavy atom. The third kappa shape index (κ3) is 3.30. The van der Waals surface area contributed by atoms with E-state index in [9.17, 15) is 4.79 Å². The maximum absolute atomic E-state index is 11.8. The zero-order valence-corrected chi connectivity index (χ0v) is 10.3. The lowest BCUT2D eigenvalue weighted by atomic mass is 10.2. The van der Waals surface area contributed by atoms with Crippen LogP contribution in [0.5, 0.6) is 0 Å². The van der Waals surface area contributed by atoms with E-state index in [4.69, 9.17) is 9.47 Å². The molecule has 0 fully saturated rings. The smallest absolute Gasteiger partial charge is 0.346 e. The molecule has 5 heteroatoms. The van der Waals surface area contributed by atoms with E-state index in [1.54, 1.807) is 18.0 Å². The summed E-state index contributed by atoms with van der Waals surface area (Å²) in [5.41, 5.74) is 0.450. The number of nitrogens with zero attached hydrogens (tertiary/aromatic N) is 2. The molecule has 2 rings (SSSR count). The molecule has 0 saturated carbocycles. The number of allylic oxidation sites excluding steroid dienone is 3. The number of carbonyl (C=O) groups is 1. The SMILES string of the molecule is COCCn1cc(C(=O)OC2=CCCC=C2)cn1. The summed E-state index contributed by atoms with van der Waals surface area (Å²) in [6.07, 6.45) is 10.8. The third-order valence-corrected chi connectivity index (χ3v) is 2.56. The molecule has 0 radical (unpaired) electrons. The van der Waals surface area contributed by atoms with Gasteiger partial charge in [0.05, 0.1) is 24.9 Å². The number of rotatable bonds is 5. The number of methoxy groups -OCH3 is 1. The second kappa shape index (κ2) is 6.16.